The first-order valence-electron chi connectivity index (χ1n) is 8.67. The number of hydrogen-bond donors (Lipinski definition) is 2. The second-order valence-corrected chi connectivity index (χ2v) is 8.01. The van der Waals surface area contributed by atoms with Crippen LogP contribution < -0.4 is 11.1 Å². The Balaban J connectivity index is 1.80. The maximum absolute atomic E-state index is 12.3. The molecule has 1 atom stereocenters. The molecule has 1 heterocycles. The third-order valence-electron chi connectivity index (χ3n) is 4.70. The van der Waals surface area contributed by atoms with Gasteiger partial charge in [-0.3, -0.25) is 9.59 Å². The molecule has 3 rings (SSSR count). The highest BCUT2D eigenvalue weighted by atomic mass is 35.5. The molecule has 1 aromatic carbocycles. The van der Waals surface area contributed by atoms with Crippen LogP contribution in [0.15, 0.2) is 30.3 Å². The van der Waals surface area contributed by atoms with Gasteiger partial charge in [-0.15, -0.1) is 11.3 Å². The molecule has 4 nitrogen and oxygen atoms in total. The highest BCUT2D eigenvalue weighted by Crippen LogP contribution is 2.40. The summed E-state index contributed by atoms with van der Waals surface area (Å²) in [7, 11) is 0. The maximum Gasteiger partial charge on any atom is 0.251 e. The lowest BCUT2D eigenvalue weighted by Crippen LogP contribution is -2.19. The van der Waals surface area contributed by atoms with E-state index in [4.69, 9.17) is 17.3 Å². The Kier molecular flexibility index (Phi) is 5.79. The Bertz CT molecular complexity index is 873. The molecule has 1 aliphatic rings. The van der Waals surface area contributed by atoms with Crippen molar-refractivity contribution >= 4 is 45.8 Å². The lowest BCUT2D eigenvalue weighted by molar-refractivity contribution is -0.111. The van der Waals surface area contributed by atoms with Gasteiger partial charge >= 0.3 is 0 Å². The van der Waals surface area contributed by atoms with Crippen molar-refractivity contribution in [3.63, 3.8) is 0 Å². The fraction of sp³-hybridized carbons (Fsp3) is 0.300. The van der Waals surface area contributed by atoms with Crippen LogP contribution >= 0.6 is 22.9 Å². The van der Waals surface area contributed by atoms with Crippen LogP contribution in [0, 0.1) is 5.92 Å². The van der Waals surface area contributed by atoms with Crippen molar-refractivity contribution in [2.24, 2.45) is 11.7 Å². The lowest BCUT2D eigenvalue weighted by Gasteiger charge is -2.20. The van der Waals surface area contributed by atoms with E-state index in [0.29, 0.717) is 21.5 Å². The number of thiophene rings is 1. The number of carbonyl (C=O) groups is 2. The number of benzene rings is 1. The standard InChI is InChI=1S/C20H21ClN2O2S/c1-2-12-6-8-15-16(11-12)26-20(18(15)19(22)25)23-17(24)9-7-13-4-3-5-14(21)10-13/h3-5,7,9-10,12H,2,6,8,11H2,1H3,(H2,22,25)(H,23,24)/b9-7+. The largest absolute Gasteiger partial charge is 0.365 e. The number of rotatable bonds is 5. The van der Waals surface area contributed by atoms with Gasteiger partial charge in [0.25, 0.3) is 5.91 Å². The SMILES string of the molecule is CCC1CCc2c(sc(NC(=O)/C=C/c3cccc(Cl)c3)c2C(N)=O)C1. The molecular weight excluding hydrogens is 368 g/mol. The Morgan fingerprint density at radius 2 is 2.23 bits per heavy atom. The van der Waals surface area contributed by atoms with Crippen molar-refractivity contribution in [1.29, 1.82) is 0 Å². The van der Waals surface area contributed by atoms with Crippen molar-refractivity contribution < 1.29 is 9.59 Å². The van der Waals surface area contributed by atoms with E-state index >= 15 is 0 Å². The number of halogens is 1. The highest BCUT2D eigenvalue weighted by Gasteiger charge is 2.27. The van der Waals surface area contributed by atoms with E-state index in [9.17, 15) is 9.59 Å². The number of primary amides is 1. The predicted octanol–water partition coefficient (Wildman–Crippen LogP) is 4.67. The second kappa shape index (κ2) is 8.06. The molecule has 1 aromatic heterocycles. The van der Waals surface area contributed by atoms with Gasteiger partial charge in [-0.25, -0.2) is 0 Å². The van der Waals surface area contributed by atoms with E-state index < -0.39 is 5.91 Å². The molecule has 2 aromatic rings. The molecular formula is C20H21ClN2O2S. The van der Waals surface area contributed by atoms with E-state index in [1.54, 1.807) is 18.2 Å². The van der Waals surface area contributed by atoms with Crippen LogP contribution in [0.4, 0.5) is 5.00 Å². The van der Waals surface area contributed by atoms with E-state index in [2.05, 4.69) is 12.2 Å². The summed E-state index contributed by atoms with van der Waals surface area (Å²) >= 11 is 7.42. The smallest absolute Gasteiger partial charge is 0.251 e. The second-order valence-electron chi connectivity index (χ2n) is 6.47. The average molecular weight is 389 g/mol. The first-order valence-corrected chi connectivity index (χ1v) is 9.86. The van der Waals surface area contributed by atoms with E-state index in [0.717, 1.165) is 36.8 Å². The molecule has 0 bridgehead atoms. The molecule has 0 radical (unpaired) electrons. The summed E-state index contributed by atoms with van der Waals surface area (Å²) in [5.74, 6) is -0.141. The van der Waals surface area contributed by atoms with Crippen molar-refractivity contribution in [1.82, 2.24) is 0 Å². The summed E-state index contributed by atoms with van der Waals surface area (Å²) in [6.07, 6.45) is 7.09. The van der Waals surface area contributed by atoms with Crippen molar-refractivity contribution in [3.8, 4) is 0 Å². The fourth-order valence-electron chi connectivity index (χ4n) is 3.29. The maximum atomic E-state index is 12.3. The average Bonchev–Trinajstić information content (AvgIpc) is 2.96. The topological polar surface area (TPSA) is 72.2 Å². The van der Waals surface area contributed by atoms with Gasteiger partial charge in [-0.2, -0.15) is 0 Å². The van der Waals surface area contributed by atoms with Crippen LogP contribution in [0.3, 0.4) is 0 Å². The number of carbonyl (C=O) groups excluding carboxylic acids is 2. The minimum absolute atomic E-state index is 0.293. The third kappa shape index (κ3) is 4.17. The highest BCUT2D eigenvalue weighted by molar-refractivity contribution is 7.17. The zero-order valence-electron chi connectivity index (χ0n) is 14.5. The molecule has 136 valence electrons. The minimum Gasteiger partial charge on any atom is -0.365 e. The van der Waals surface area contributed by atoms with Gasteiger partial charge < -0.3 is 11.1 Å². The molecule has 0 saturated carbocycles. The van der Waals surface area contributed by atoms with Crippen LogP contribution in [-0.2, 0) is 17.6 Å². The number of fused-ring (bicyclic) bond motifs is 1. The predicted molar refractivity (Wildman–Crippen MR) is 108 cm³/mol. The van der Waals surface area contributed by atoms with Crippen molar-refractivity contribution in [2.45, 2.75) is 32.6 Å². The number of hydrogen-bond acceptors (Lipinski definition) is 3. The lowest BCUT2D eigenvalue weighted by atomic mass is 9.85. The van der Waals surface area contributed by atoms with Crippen LogP contribution in [0.5, 0.6) is 0 Å². The molecule has 6 heteroatoms. The van der Waals surface area contributed by atoms with Crippen LogP contribution in [0.2, 0.25) is 5.02 Å². The number of anilines is 1. The molecule has 2 amide bonds. The Morgan fingerprint density at radius 1 is 1.42 bits per heavy atom. The first kappa shape index (κ1) is 18.7. The number of nitrogens with one attached hydrogen (secondary N) is 1. The Labute approximate surface area is 162 Å². The molecule has 26 heavy (non-hydrogen) atoms. The molecule has 0 saturated heterocycles. The third-order valence-corrected chi connectivity index (χ3v) is 6.11. The van der Waals surface area contributed by atoms with Gasteiger partial charge in [0, 0.05) is 16.0 Å². The zero-order valence-corrected chi connectivity index (χ0v) is 16.1. The Morgan fingerprint density at radius 3 is 2.92 bits per heavy atom. The summed E-state index contributed by atoms with van der Waals surface area (Å²) in [6, 6.07) is 7.23. The summed E-state index contributed by atoms with van der Waals surface area (Å²) in [6.45, 7) is 2.18. The number of nitrogens with two attached hydrogens (primary N) is 1. The quantitative estimate of drug-likeness (QED) is 0.730. The number of amides is 2. The van der Waals surface area contributed by atoms with Crippen molar-refractivity contribution in [2.75, 3.05) is 5.32 Å². The zero-order chi connectivity index (χ0) is 18.7. The van der Waals surface area contributed by atoms with Crippen LogP contribution in [0.1, 0.15) is 46.1 Å². The van der Waals surface area contributed by atoms with Gasteiger partial charge in [0.05, 0.1) is 5.56 Å². The summed E-state index contributed by atoms with van der Waals surface area (Å²) in [5.41, 5.74) is 7.91. The molecule has 0 spiro atoms. The van der Waals surface area contributed by atoms with Crippen molar-refractivity contribution in [3.05, 3.63) is 56.9 Å². The van der Waals surface area contributed by atoms with Gasteiger partial charge in [-0.05, 0) is 54.5 Å². The molecule has 0 fully saturated rings. The van der Waals surface area contributed by atoms with E-state index in [1.165, 1.54) is 22.3 Å². The molecule has 1 aliphatic carbocycles. The van der Waals surface area contributed by atoms with E-state index in [-0.39, 0.29) is 5.91 Å². The Hall–Kier alpha value is -2.11. The normalized spacial score (nSPS) is 16.5. The van der Waals surface area contributed by atoms with Gasteiger partial charge in [-0.1, -0.05) is 37.1 Å². The summed E-state index contributed by atoms with van der Waals surface area (Å²) in [4.78, 5) is 25.4. The molecule has 0 aliphatic heterocycles. The monoisotopic (exact) mass is 388 g/mol. The van der Waals surface area contributed by atoms with E-state index in [1.807, 2.05) is 12.1 Å². The van der Waals surface area contributed by atoms with Gasteiger partial charge in [0.2, 0.25) is 5.91 Å². The summed E-state index contributed by atoms with van der Waals surface area (Å²) in [5, 5.41) is 3.99. The minimum atomic E-state index is -0.480. The first-order chi connectivity index (χ1) is 12.5. The van der Waals surface area contributed by atoms with Crippen LogP contribution in [-0.4, -0.2) is 11.8 Å². The molecule has 3 N–H and O–H groups in total. The van der Waals surface area contributed by atoms with Crippen LogP contribution in [0.25, 0.3) is 6.08 Å². The summed E-state index contributed by atoms with van der Waals surface area (Å²) < 4.78 is 0. The fourth-order valence-corrected chi connectivity index (χ4v) is 4.86. The molecule has 1 unspecified atom stereocenters. The van der Waals surface area contributed by atoms with Gasteiger partial charge in [0.15, 0.2) is 0 Å². The van der Waals surface area contributed by atoms with Gasteiger partial charge in [0.1, 0.15) is 5.00 Å².